The molecule has 25 heavy (non-hydrogen) atoms. The van der Waals surface area contributed by atoms with E-state index in [-0.39, 0.29) is 5.97 Å². The Bertz CT molecular complexity index is 913. The van der Waals surface area contributed by atoms with Crippen molar-refractivity contribution in [1.29, 1.82) is 0 Å². The molecule has 128 valence electrons. The molecular weight excluding hydrogens is 316 g/mol. The first-order valence-electron chi connectivity index (χ1n) is 8.39. The summed E-state index contributed by atoms with van der Waals surface area (Å²) < 4.78 is 10.6. The number of methoxy groups -OCH3 is 1. The van der Waals surface area contributed by atoms with Crippen LogP contribution in [0.2, 0.25) is 0 Å². The minimum absolute atomic E-state index is 0.329. The average Bonchev–Trinajstić information content (AvgIpc) is 3.04. The lowest BCUT2D eigenvalue weighted by molar-refractivity contribution is 0.0600. The van der Waals surface area contributed by atoms with E-state index in [1.165, 1.54) is 23.8 Å². The van der Waals surface area contributed by atoms with E-state index in [4.69, 9.17) is 9.47 Å². The average molecular weight is 336 g/mol. The van der Waals surface area contributed by atoms with Crippen LogP contribution < -0.4 is 10.1 Å². The van der Waals surface area contributed by atoms with Gasteiger partial charge < -0.3 is 19.8 Å². The summed E-state index contributed by atoms with van der Waals surface area (Å²) in [4.78, 5) is 14.9. The number of nitrogens with one attached hydrogen (secondary N) is 2. The molecule has 0 radical (unpaired) electrons. The Kier molecular flexibility index (Phi) is 4.15. The first kappa shape index (κ1) is 15.7. The molecule has 5 nitrogen and oxygen atoms in total. The van der Waals surface area contributed by atoms with Gasteiger partial charge in [0, 0.05) is 23.1 Å². The molecule has 2 heterocycles. The number of H-pyrrole nitrogens is 1. The molecule has 0 amide bonds. The van der Waals surface area contributed by atoms with Crippen LogP contribution in [-0.4, -0.2) is 24.6 Å². The number of aromatic nitrogens is 1. The Balaban J connectivity index is 1.50. The topological polar surface area (TPSA) is 63.4 Å². The van der Waals surface area contributed by atoms with Gasteiger partial charge in [0.25, 0.3) is 0 Å². The van der Waals surface area contributed by atoms with Gasteiger partial charge in [-0.2, -0.15) is 0 Å². The van der Waals surface area contributed by atoms with Crippen molar-refractivity contribution in [3.63, 3.8) is 0 Å². The van der Waals surface area contributed by atoms with Crippen LogP contribution >= 0.6 is 0 Å². The van der Waals surface area contributed by atoms with Crippen molar-refractivity contribution in [2.24, 2.45) is 0 Å². The van der Waals surface area contributed by atoms with Crippen LogP contribution in [0.5, 0.6) is 5.75 Å². The molecule has 2 N–H and O–H groups in total. The molecule has 5 heteroatoms. The first-order chi connectivity index (χ1) is 12.2. The van der Waals surface area contributed by atoms with Crippen LogP contribution in [0.15, 0.2) is 42.5 Å². The molecule has 3 aromatic rings. The number of esters is 1. The Labute approximate surface area is 146 Å². The van der Waals surface area contributed by atoms with Crippen LogP contribution in [0.25, 0.3) is 10.9 Å². The second-order valence-corrected chi connectivity index (χ2v) is 6.19. The van der Waals surface area contributed by atoms with E-state index in [1.807, 2.05) is 18.2 Å². The maximum atomic E-state index is 11.5. The summed E-state index contributed by atoms with van der Waals surface area (Å²) in [6.45, 7) is 2.37. The quantitative estimate of drug-likeness (QED) is 0.718. The molecule has 0 saturated carbocycles. The van der Waals surface area contributed by atoms with Gasteiger partial charge in [0.05, 0.1) is 12.7 Å². The number of hydrogen-bond donors (Lipinski definition) is 2. The molecule has 1 aliphatic rings. The number of carbonyl (C=O) groups excluding carboxylic acids is 1. The SMILES string of the molecule is COC(=O)c1ccc(COc2ccc3[nH]c4c(c3c2)CCNC4)cc1. The highest BCUT2D eigenvalue weighted by atomic mass is 16.5. The number of rotatable bonds is 4. The monoisotopic (exact) mass is 336 g/mol. The lowest BCUT2D eigenvalue weighted by atomic mass is 10.0. The Morgan fingerprint density at radius 3 is 2.80 bits per heavy atom. The van der Waals surface area contributed by atoms with Gasteiger partial charge in [0.2, 0.25) is 0 Å². The summed E-state index contributed by atoms with van der Waals surface area (Å²) in [6.07, 6.45) is 1.04. The van der Waals surface area contributed by atoms with Gasteiger partial charge in [-0.3, -0.25) is 0 Å². The summed E-state index contributed by atoms with van der Waals surface area (Å²) in [5, 5.41) is 4.63. The van der Waals surface area contributed by atoms with Crippen molar-refractivity contribution in [3.8, 4) is 5.75 Å². The fourth-order valence-corrected chi connectivity index (χ4v) is 3.26. The van der Waals surface area contributed by atoms with E-state index in [1.54, 1.807) is 12.1 Å². The summed E-state index contributed by atoms with van der Waals surface area (Å²) in [7, 11) is 1.38. The summed E-state index contributed by atoms with van der Waals surface area (Å²) >= 11 is 0. The zero-order valence-electron chi connectivity index (χ0n) is 14.1. The predicted octanol–water partition coefficient (Wildman–Crippen LogP) is 3.18. The van der Waals surface area contributed by atoms with Crippen molar-refractivity contribution < 1.29 is 14.3 Å². The van der Waals surface area contributed by atoms with Gasteiger partial charge in [0.15, 0.2) is 0 Å². The second kappa shape index (κ2) is 6.61. The number of carbonyl (C=O) groups is 1. The molecule has 0 aliphatic carbocycles. The van der Waals surface area contributed by atoms with Crippen LogP contribution in [0.3, 0.4) is 0 Å². The van der Waals surface area contributed by atoms with Crippen molar-refractivity contribution in [2.75, 3.05) is 13.7 Å². The molecule has 0 fully saturated rings. The maximum absolute atomic E-state index is 11.5. The largest absolute Gasteiger partial charge is 0.489 e. The molecule has 0 unspecified atom stereocenters. The Morgan fingerprint density at radius 2 is 2.00 bits per heavy atom. The molecule has 0 saturated heterocycles. The number of hydrogen-bond acceptors (Lipinski definition) is 4. The summed E-state index contributed by atoms with van der Waals surface area (Å²) in [5.74, 6) is 0.523. The number of fused-ring (bicyclic) bond motifs is 3. The van der Waals surface area contributed by atoms with E-state index in [0.29, 0.717) is 12.2 Å². The van der Waals surface area contributed by atoms with Gasteiger partial charge >= 0.3 is 5.97 Å². The lowest BCUT2D eigenvalue weighted by Gasteiger charge is -2.12. The van der Waals surface area contributed by atoms with Gasteiger partial charge in [-0.25, -0.2) is 4.79 Å². The van der Waals surface area contributed by atoms with E-state index in [9.17, 15) is 4.79 Å². The highest BCUT2D eigenvalue weighted by Gasteiger charge is 2.15. The van der Waals surface area contributed by atoms with Gasteiger partial charge in [-0.1, -0.05) is 12.1 Å². The van der Waals surface area contributed by atoms with Crippen LogP contribution in [-0.2, 0) is 24.3 Å². The molecule has 2 aromatic carbocycles. The maximum Gasteiger partial charge on any atom is 0.337 e. The van der Waals surface area contributed by atoms with Crippen molar-refractivity contribution in [2.45, 2.75) is 19.6 Å². The Morgan fingerprint density at radius 1 is 1.16 bits per heavy atom. The molecule has 4 rings (SSSR count). The van der Waals surface area contributed by atoms with E-state index in [0.717, 1.165) is 36.3 Å². The molecule has 0 atom stereocenters. The van der Waals surface area contributed by atoms with Gasteiger partial charge in [0.1, 0.15) is 12.4 Å². The molecular formula is C20H20N2O3. The van der Waals surface area contributed by atoms with Crippen molar-refractivity contribution in [1.82, 2.24) is 10.3 Å². The van der Waals surface area contributed by atoms with Gasteiger partial charge in [-0.15, -0.1) is 0 Å². The fraction of sp³-hybridized carbons (Fsp3) is 0.250. The normalized spacial score (nSPS) is 13.5. The standard InChI is InChI=1S/C20H20N2O3/c1-24-20(23)14-4-2-13(3-5-14)12-25-15-6-7-18-17(10-15)16-8-9-21-11-19(16)22-18/h2-7,10,21-22H,8-9,11-12H2,1H3. The first-order valence-corrected chi connectivity index (χ1v) is 8.39. The zero-order chi connectivity index (χ0) is 17.2. The third-order valence-corrected chi connectivity index (χ3v) is 4.60. The summed E-state index contributed by atoms with van der Waals surface area (Å²) in [5.41, 5.74) is 5.37. The molecule has 0 bridgehead atoms. The molecule has 1 aromatic heterocycles. The van der Waals surface area contributed by atoms with E-state index >= 15 is 0 Å². The number of benzene rings is 2. The minimum Gasteiger partial charge on any atom is -0.489 e. The smallest absolute Gasteiger partial charge is 0.337 e. The third-order valence-electron chi connectivity index (χ3n) is 4.60. The third kappa shape index (κ3) is 3.10. The minimum atomic E-state index is -0.329. The molecule has 0 spiro atoms. The van der Waals surface area contributed by atoms with Crippen LogP contribution in [0, 0.1) is 0 Å². The highest BCUT2D eigenvalue weighted by Crippen LogP contribution is 2.28. The van der Waals surface area contributed by atoms with Gasteiger partial charge in [-0.05, 0) is 54.4 Å². The second-order valence-electron chi connectivity index (χ2n) is 6.19. The van der Waals surface area contributed by atoms with E-state index in [2.05, 4.69) is 22.4 Å². The predicted molar refractivity (Wildman–Crippen MR) is 95.8 cm³/mol. The number of ether oxygens (including phenoxy) is 2. The van der Waals surface area contributed by atoms with Crippen LogP contribution in [0.1, 0.15) is 27.2 Å². The van der Waals surface area contributed by atoms with Crippen molar-refractivity contribution in [3.05, 3.63) is 64.8 Å². The van der Waals surface area contributed by atoms with E-state index < -0.39 is 0 Å². The summed E-state index contributed by atoms with van der Waals surface area (Å²) in [6, 6.07) is 13.4. The molecule has 1 aliphatic heterocycles. The van der Waals surface area contributed by atoms with Crippen molar-refractivity contribution >= 4 is 16.9 Å². The van der Waals surface area contributed by atoms with Crippen LogP contribution in [0.4, 0.5) is 0 Å². The number of aromatic amines is 1. The lowest BCUT2D eigenvalue weighted by Crippen LogP contribution is -2.22. The zero-order valence-corrected chi connectivity index (χ0v) is 14.1. The Hall–Kier alpha value is -2.79. The highest BCUT2D eigenvalue weighted by molar-refractivity contribution is 5.89. The fourth-order valence-electron chi connectivity index (χ4n) is 3.26.